The molecule has 1 aliphatic rings. The lowest BCUT2D eigenvalue weighted by atomic mass is 9.73. The molecule has 0 bridgehead atoms. The summed E-state index contributed by atoms with van der Waals surface area (Å²) in [4.78, 5) is 14.8. The number of benzene rings is 3. The number of carbonyl (C=O) groups is 1. The maximum absolute atomic E-state index is 12.5. The molecule has 186 valence electrons. The number of amides is 1. The van der Waals surface area contributed by atoms with Crippen molar-refractivity contribution in [2.24, 2.45) is 0 Å². The molecule has 7 heteroatoms. The van der Waals surface area contributed by atoms with Crippen molar-refractivity contribution in [2.75, 3.05) is 27.3 Å². The highest BCUT2D eigenvalue weighted by atomic mass is 35.5. The van der Waals surface area contributed by atoms with Crippen LogP contribution in [-0.2, 0) is 18.5 Å². The van der Waals surface area contributed by atoms with Crippen LogP contribution in [0.5, 0.6) is 11.5 Å². The number of carbonyl (C=O) groups excluding carboxylic acids is 1. The molecule has 0 unspecified atom stereocenters. The van der Waals surface area contributed by atoms with Gasteiger partial charge in [-0.05, 0) is 65.9 Å². The first kappa shape index (κ1) is 25.6. The van der Waals surface area contributed by atoms with Crippen molar-refractivity contribution >= 4 is 17.5 Å². The number of nitrogens with one attached hydrogen (secondary N) is 1. The van der Waals surface area contributed by atoms with E-state index in [2.05, 4.69) is 28.4 Å². The Morgan fingerprint density at radius 2 is 1.72 bits per heavy atom. The summed E-state index contributed by atoms with van der Waals surface area (Å²) < 4.78 is 10.8. The Morgan fingerprint density at radius 3 is 2.39 bits per heavy atom. The fraction of sp³-hybridized carbons (Fsp3) is 0.310. The van der Waals surface area contributed by atoms with Crippen molar-refractivity contribution in [3.63, 3.8) is 0 Å². The molecule has 4 rings (SSSR count). The van der Waals surface area contributed by atoms with Crippen LogP contribution >= 0.6 is 11.6 Å². The molecule has 0 aromatic heterocycles. The zero-order valence-corrected chi connectivity index (χ0v) is 21.3. The molecule has 0 atom stereocenters. The molecule has 1 heterocycles. The van der Waals surface area contributed by atoms with E-state index in [1.165, 1.54) is 0 Å². The van der Waals surface area contributed by atoms with Crippen molar-refractivity contribution in [1.29, 1.82) is 5.26 Å². The largest absolute Gasteiger partial charge is 0.493 e. The van der Waals surface area contributed by atoms with Gasteiger partial charge in [0.1, 0.15) is 0 Å². The highest BCUT2D eigenvalue weighted by molar-refractivity contribution is 6.30. The van der Waals surface area contributed by atoms with Crippen LogP contribution in [-0.4, -0.2) is 38.1 Å². The van der Waals surface area contributed by atoms with Gasteiger partial charge in [-0.3, -0.25) is 9.69 Å². The minimum atomic E-state index is -0.537. The zero-order valence-electron chi connectivity index (χ0n) is 20.6. The number of ether oxygens (including phenoxy) is 2. The van der Waals surface area contributed by atoms with Crippen LogP contribution in [0.2, 0.25) is 5.02 Å². The molecule has 1 saturated heterocycles. The summed E-state index contributed by atoms with van der Waals surface area (Å²) in [5.41, 5.74) is 3.15. The Hall–Kier alpha value is -3.53. The second-order valence-electron chi connectivity index (χ2n) is 9.05. The van der Waals surface area contributed by atoms with E-state index in [9.17, 15) is 10.1 Å². The summed E-state index contributed by atoms with van der Waals surface area (Å²) in [6.07, 6.45) is 1.49. The smallest absolute Gasteiger partial charge is 0.251 e. The van der Waals surface area contributed by atoms with Crippen molar-refractivity contribution in [3.8, 4) is 17.6 Å². The summed E-state index contributed by atoms with van der Waals surface area (Å²) >= 11 is 5.91. The van der Waals surface area contributed by atoms with E-state index in [1.807, 2.05) is 30.3 Å². The number of hydrogen-bond donors (Lipinski definition) is 1. The Balaban J connectivity index is 1.39. The van der Waals surface area contributed by atoms with Gasteiger partial charge in [0.05, 0.1) is 25.7 Å². The minimum absolute atomic E-state index is 0.157. The normalized spacial score (nSPS) is 15.1. The number of rotatable bonds is 8. The van der Waals surface area contributed by atoms with E-state index in [0.29, 0.717) is 22.9 Å². The van der Waals surface area contributed by atoms with Crippen LogP contribution in [0.1, 0.15) is 39.9 Å². The Kier molecular flexibility index (Phi) is 8.14. The molecule has 1 N–H and O–H groups in total. The summed E-state index contributed by atoms with van der Waals surface area (Å²) in [5.74, 6) is 1.28. The number of methoxy groups -OCH3 is 2. The van der Waals surface area contributed by atoms with E-state index < -0.39 is 5.41 Å². The lowest BCUT2D eigenvalue weighted by Crippen LogP contribution is -2.41. The van der Waals surface area contributed by atoms with Gasteiger partial charge in [-0.25, -0.2) is 0 Å². The van der Waals surface area contributed by atoms with E-state index in [4.69, 9.17) is 21.1 Å². The number of likely N-dealkylation sites (tertiary alicyclic amines) is 1. The first-order valence-electron chi connectivity index (χ1n) is 11.9. The van der Waals surface area contributed by atoms with Crippen LogP contribution in [0.25, 0.3) is 0 Å². The molecule has 36 heavy (non-hydrogen) atoms. The van der Waals surface area contributed by atoms with E-state index in [0.717, 1.165) is 54.9 Å². The van der Waals surface area contributed by atoms with Crippen molar-refractivity contribution in [1.82, 2.24) is 10.2 Å². The van der Waals surface area contributed by atoms with E-state index >= 15 is 0 Å². The van der Waals surface area contributed by atoms with Gasteiger partial charge >= 0.3 is 0 Å². The van der Waals surface area contributed by atoms with Crippen LogP contribution in [0.4, 0.5) is 0 Å². The van der Waals surface area contributed by atoms with Gasteiger partial charge in [-0.2, -0.15) is 5.26 Å². The van der Waals surface area contributed by atoms with Gasteiger partial charge in [0.25, 0.3) is 5.91 Å². The van der Waals surface area contributed by atoms with Gasteiger partial charge in [0.2, 0.25) is 0 Å². The van der Waals surface area contributed by atoms with Gasteiger partial charge in [0.15, 0.2) is 11.5 Å². The fourth-order valence-electron chi connectivity index (χ4n) is 4.66. The number of nitrogens with zero attached hydrogens (tertiary/aromatic N) is 2. The van der Waals surface area contributed by atoms with E-state index in [-0.39, 0.29) is 5.91 Å². The van der Waals surface area contributed by atoms with E-state index in [1.54, 1.807) is 38.5 Å². The van der Waals surface area contributed by atoms with Gasteiger partial charge in [-0.1, -0.05) is 41.9 Å². The minimum Gasteiger partial charge on any atom is -0.493 e. The van der Waals surface area contributed by atoms with Gasteiger partial charge < -0.3 is 14.8 Å². The second kappa shape index (κ2) is 11.5. The average Bonchev–Trinajstić information content (AvgIpc) is 2.92. The van der Waals surface area contributed by atoms with Crippen LogP contribution in [0.15, 0.2) is 66.7 Å². The van der Waals surface area contributed by atoms with Gasteiger partial charge in [-0.15, -0.1) is 0 Å². The Bertz CT molecular complexity index is 1250. The maximum Gasteiger partial charge on any atom is 0.251 e. The van der Waals surface area contributed by atoms with Crippen molar-refractivity contribution in [2.45, 2.75) is 31.3 Å². The van der Waals surface area contributed by atoms with Crippen LogP contribution in [0, 0.1) is 11.3 Å². The number of halogens is 1. The lowest BCUT2D eigenvalue weighted by molar-refractivity contribution is 0.0951. The number of hydrogen-bond acceptors (Lipinski definition) is 5. The van der Waals surface area contributed by atoms with Gasteiger partial charge in [0, 0.05) is 36.8 Å². The molecule has 0 aliphatic carbocycles. The van der Waals surface area contributed by atoms with Crippen molar-refractivity contribution < 1.29 is 14.3 Å². The van der Waals surface area contributed by atoms with Crippen LogP contribution < -0.4 is 14.8 Å². The lowest BCUT2D eigenvalue weighted by Gasteiger charge is -2.38. The third-order valence-corrected chi connectivity index (χ3v) is 7.07. The SMILES string of the molecule is COc1ccc(CN2CCC(C#N)(c3cccc(CNC(=O)c4ccc(Cl)cc4)c3)CC2)cc1OC. The monoisotopic (exact) mass is 503 g/mol. The predicted octanol–water partition coefficient (Wildman–Crippen LogP) is 5.34. The molecule has 3 aromatic carbocycles. The predicted molar refractivity (Wildman–Crippen MR) is 140 cm³/mol. The molecule has 0 spiro atoms. The first-order chi connectivity index (χ1) is 17.5. The summed E-state index contributed by atoms with van der Waals surface area (Å²) in [7, 11) is 3.27. The number of nitriles is 1. The molecule has 1 fully saturated rings. The molecule has 1 aliphatic heterocycles. The molecule has 1 amide bonds. The molecule has 3 aromatic rings. The molecule has 6 nitrogen and oxygen atoms in total. The van der Waals surface area contributed by atoms with Crippen LogP contribution in [0.3, 0.4) is 0 Å². The topological polar surface area (TPSA) is 74.6 Å². The molecular formula is C29H30ClN3O3. The fourth-order valence-corrected chi connectivity index (χ4v) is 4.79. The quantitative estimate of drug-likeness (QED) is 0.449. The highest BCUT2D eigenvalue weighted by Gasteiger charge is 2.36. The zero-order chi connectivity index (χ0) is 25.5. The first-order valence-corrected chi connectivity index (χ1v) is 12.3. The standard InChI is InChI=1S/C29H30ClN3O3/c1-35-26-11-6-22(17-27(26)36-2)19-33-14-12-29(20-31,13-15-33)24-5-3-4-21(16-24)18-32-28(34)23-7-9-25(30)10-8-23/h3-11,16-17H,12-15,18-19H2,1-2H3,(H,32,34). The summed E-state index contributed by atoms with van der Waals surface area (Å²) in [6, 6.07) is 23.4. The second-order valence-corrected chi connectivity index (χ2v) is 9.49. The average molecular weight is 504 g/mol. The Morgan fingerprint density at radius 1 is 1.00 bits per heavy atom. The summed E-state index contributed by atoms with van der Waals surface area (Å²) in [5, 5.41) is 13.7. The Labute approximate surface area is 217 Å². The van der Waals surface area contributed by atoms with Crippen molar-refractivity contribution in [3.05, 3.63) is 94.0 Å². The molecule has 0 radical (unpaired) electrons. The maximum atomic E-state index is 12.5. The third-order valence-electron chi connectivity index (χ3n) is 6.82. The summed E-state index contributed by atoms with van der Waals surface area (Å²) in [6.45, 7) is 2.82. The molecular weight excluding hydrogens is 474 g/mol. The third kappa shape index (κ3) is 5.81. The highest BCUT2D eigenvalue weighted by Crippen LogP contribution is 2.36. The number of piperidine rings is 1. The molecule has 0 saturated carbocycles.